The number of rotatable bonds is 5. The molecule has 4 heteroatoms. The van der Waals surface area contributed by atoms with Crippen LogP contribution in [0.25, 0.3) is 0 Å². The Morgan fingerprint density at radius 2 is 2.22 bits per heavy atom. The van der Waals surface area contributed by atoms with Crippen LogP contribution >= 0.6 is 11.6 Å². The fourth-order valence-corrected chi connectivity index (χ4v) is 2.43. The third kappa shape index (κ3) is 2.96. The zero-order chi connectivity index (χ0) is 13.1. The van der Waals surface area contributed by atoms with Gasteiger partial charge >= 0.3 is 0 Å². The van der Waals surface area contributed by atoms with Crippen molar-refractivity contribution >= 4 is 23.2 Å². The van der Waals surface area contributed by atoms with Crippen LogP contribution in [0, 0.1) is 6.92 Å². The van der Waals surface area contributed by atoms with Crippen LogP contribution in [0.5, 0.6) is 0 Å². The van der Waals surface area contributed by atoms with Crippen molar-refractivity contribution in [3.63, 3.8) is 0 Å². The largest absolute Gasteiger partial charge is 0.375 e. The summed E-state index contributed by atoms with van der Waals surface area (Å²) in [5.41, 5.74) is 1.92. The third-order valence-corrected chi connectivity index (χ3v) is 3.60. The van der Waals surface area contributed by atoms with Crippen molar-refractivity contribution in [2.45, 2.75) is 32.7 Å². The summed E-state index contributed by atoms with van der Waals surface area (Å²) in [6.45, 7) is 5.11. The first kappa shape index (κ1) is 13.2. The molecule has 1 aliphatic rings. The third-order valence-electron chi connectivity index (χ3n) is 3.29. The molecule has 2 rings (SSSR count). The maximum atomic E-state index is 12.1. The van der Waals surface area contributed by atoms with E-state index in [0.717, 1.165) is 30.6 Å². The molecule has 1 aromatic rings. The molecule has 1 aromatic carbocycles. The lowest BCUT2D eigenvalue weighted by molar-refractivity contribution is -0.129. The monoisotopic (exact) mass is 266 g/mol. The van der Waals surface area contributed by atoms with Gasteiger partial charge in [0, 0.05) is 12.6 Å². The Kier molecular flexibility index (Phi) is 4.12. The quantitative estimate of drug-likeness (QED) is 0.888. The number of anilines is 1. The van der Waals surface area contributed by atoms with Crippen LogP contribution in [0.4, 0.5) is 5.69 Å². The van der Waals surface area contributed by atoms with Crippen LogP contribution in [0.15, 0.2) is 18.2 Å². The molecule has 1 saturated carbocycles. The van der Waals surface area contributed by atoms with E-state index in [2.05, 4.69) is 5.32 Å². The van der Waals surface area contributed by atoms with Crippen LogP contribution in [-0.4, -0.2) is 29.9 Å². The number of hydrogen-bond donors (Lipinski definition) is 1. The van der Waals surface area contributed by atoms with E-state index in [1.54, 1.807) is 0 Å². The van der Waals surface area contributed by atoms with Gasteiger partial charge < -0.3 is 10.2 Å². The highest BCUT2D eigenvalue weighted by Gasteiger charge is 2.30. The Labute approximate surface area is 113 Å². The molecule has 0 atom stereocenters. The van der Waals surface area contributed by atoms with Gasteiger partial charge in [0.25, 0.3) is 0 Å². The van der Waals surface area contributed by atoms with Crippen molar-refractivity contribution in [1.82, 2.24) is 4.90 Å². The van der Waals surface area contributed by atoms with Crippen LogP contribution in [0.2, 0.25) is 5.02 Å². The average molecular weight is 267 g/mol. The molecule has 0 saturated heterocycles. The van der Waals surface area contributed by atoms with E-state index in [9.17, 15) is 4.79 Å². The summed E-state index contributed by atoms with van der Waals surface area (Å²) in [4.78, 5) is 14.0. The maximum absolute atomic E-state index is 12.1. The van der Waals surface area contributed by atoms with Crippen LogP contribution < -0.4 is 5.32 Å². The van der Waals surface area contributed by atoms with Crippen LogP contribution in [0.1, 0.15) is 25.3 Å². The molecule has 0 aromatic heterocycles. The number of nitrogens with one attached hydrogen (secondary N) is 1. The molecule has 1 fully saturated rings. The number of amides is 1. The van der Waals surface area contributed by atoms with Gasteiger partial charge in [0.15, 0.2) is 0 Å². The fourth-order valence-electron chi connectivity index (χ4n) is 2.15. The van der Waals surface area contributed by atoms with Gasteiger partial charge in [-0.05, 0) is 38.3 Å². The average Bonchev–Trinajstić information content (AvgIpc) is 3.14. The standard InChI is InChI=1S/C14H19ClN2O/c1-3-17(11-7-8-11)13(18)9-16-14-10(2)5-4-6-12(14)15/h4-6,11,16H,3,7-9H2,1-2H3. The predicted octanol–water partition coefficient (Wildman–Crippen LogP) is 3.07. The Morgan fingerprint density at radius 3 is 2.78 bits per heavy atom. The molecule has 0 heterocycles. The van der Waals surface area contributed by atoms with Gasteiger partial charge in [-0.3, -0.25) is 4.79 Å². The zero-order valence-corrected chi connectivity index (χ0v) is 11.6. The first-order valence-electron chi connectivity index (χ1n) is 6.42. The topological polar surface area (TPSA) is 32.3 Å². The second-order valence-electron chi connectivity index (χ2n) is 4.70. The van der Waals surface area contributed by atoms with Crippen molar-refractivity contribution in [2.75, 3.05) is 18.4 Å². The lowest BCUT2D eigenvalue weighted by Gasteiger charge is -2.21. The minimum absolute atomic E-state index is 0.152. The first-order valence-corrected chi connectivity index (χ1v) is 6.79. The van der Waals surface area contributed by atoms with Gasteiger partial charge in [-0.2, -0.15) is 0 Å². The first-order chi connectivity index (χ1) is 8.63. The van der Waals surface area contributed by atoms with Gasteiger partial charge in [0.1, 0.15) is 0 Å². The van der Waals surface area contributed by atoms with E-state index in [4.69, 9.17) is 11.6 Å². The number of carbonyl (C=O) groups excluding carboxylic acids is 1. The molecular formula is C14H19ClN2O. The van der Waals surface area contributed by atoms with E-state index in [-0.39, 0.29) is 5.91 Å². The highest BCUT2D eigenvalue weighted by atomic mass is 35.5. The summed E-state index contributed by atoms with van der Waals surface area (Å²) in [5.74, 6) is 0.152. The number of benzene rings is 1. The van der Waals surface area contributed by atoms with E-state index < -0.39 is 0 Å². The molecule has 1 amide bonds. The number of carbonyl (C=O) groups is 1. The Balaban J connectivity index is 1.96. The summed E-state index contributed by atoms with van der Waals surface area (Å²) in [6.07, 6.45) is 2.29. The number of nitrogens with zero attached hydrogens (tertiary/aromatic N) is 1. The van der Waals surface area contributed by atoms with Gasteiger partial charge in [-0.15, -0.1) is 0 Å². The number of likely N-dealkylation sites (N-methyl/N-ethyl adjacent to an activating group) is 1. The lowest BCUT2D eigenvalue weighted by atomic mass is 10.2. The smallest absolute Gasteiger partial charge is 0.242 e. The lowest BCUT2D eigenvalue weighted by Crippen LogP contribution is -2.37. The molecular weight excluding hydrogens is 248 g/mol. The number of aryl methyl sites for hydroxylation is 1. The summed E-state index contributed by atoms with van der Waals surface area (Å²) >= 11 is 6.11. The molecule has 1 aliphatic carbocycles. The summed E-state index contributed by atoms with van der Waals surface area (Å²) in [6, 6.07) is 6.20. The van der Waals surface area contributed by atoms with Crippen molar-refractivity contribution < 1.29 is 4.79 Å². The molecule has 98 valence electrons. The van der Waals surface area contributed by atoms with E-state index >= 15 is 0 Å². The molecule has 0 bridgehead atoms. The molecule has 0 aliphatic heterocycles. The van der Waals surface area contributed by atoms with Gasteiger partial charge in [-0.25, -0.2) is 0 Å². The fraction of sp³-hybridized carbons (Fsp3) is 0.500. The highest BCUT2D eigenvalue weighted by Crippen LogP contribution is 2.27. The van der Waals surface area contributed by atoms with Crippen LogP contribution in [-0.2, 0) is 4.79 Å². The van der Waals surface area contributed by atoms with E-state index in [1.807, 2.05) is 36.9 Å². The van der Waals surface area contributed by atoms with E-state index in [0.29, 0.717) is 17.6 Å². The van der Waals surface area contributed by atoms with E-state index in [1.165, 1.54) is 0 Å². The molecule has 1 N–H and O–H groups in total. The normalized spacial score (nSPS) is 14.4. The van der Waals surface area contributed by atoms with Gasteiger partial charge in [0.05, 0.1) is 17.3 Å². The summed E-state index contributed by atoms with van der Waals surface area (Å²) < 4.78 is 0. The predicted molar refractivity (Wildman–Crippen MR) is 75.1 cm³/mol. The van der Waals surface area contributed by atoms with Crippen molar-refractivity contribution in [3.8, 4) is 0 Å². The SMILES string of the molecule is CCN(C(=O)CNc1c(C)cccc1Cl)C1CC1. The summed E-state index contributed by atoms with van der Waals surface area (Å²) in [7, 11) is 0. The van der Waals surface area contributed by atoms with Gasteiger partial charge in [0.2, 0.25) is 5.91 Å². The van der Waals surface area contributed by atoms with Crippen molar-refractivity contribution in [1.29, 1.82) is 0 Å². The number of hydrogen-bond acceptors (Lipinski definition) is 2. The molecule has 0 unspecified atom stereocenters. The Bertz CT molecular complexity index is 423. The Morgan fingerprint density at radius 1 is 1.50 bits per heavy atom. The van der Waals surface area contributed by atoms with Gasteiger partial charge in [-0.1, -0.05) is 23.7 Å². The van der Waals surface area contributed by atoms with Crippen molar-refractivity contribution in [3.05, 3.63) is 28.8 Å². The number of para-hydroxylation sites is 1. The Hall–Kier alpha value is -1.22. The highest BCUT2D eigenvalue weighted by molar-refractivity contribution is 6.33. The molecule has 3 nitrogen and oxygen atoms in total. The van der Waals surface area contributed by atoms with Crippen LogP contribution in [0.3, 0.4) is 0 Å². The molecule has 0 radical (unpaired) electrons. The van der Waals surface area contributed by atoms with Crippen molar-refractivity contribution in [2.24, 2.45) is 0 Å². The molecule has 0 spiro atoms. The number of halogens is 1. The minimum atomic E-state index is 0.152. The zero-order valence-electron chi connectivity index (χ0n) is 10.9. The summed E-state index contributed by atoms with van der Waals surface area (Å²) in [5, 5.41) is 3.82. The second kappa shape index (κ2) is 5.61. The second-order valence-corrected chi connectivity index (χ2v) is 5.10. The maximum Gasteiger partial charge on any atom is 0.242 e. The minimum Gasteiger partial charge on any atom is -0.375 e. The molecule has 18 heavy (non-hydrogen) atoms.